The summed E-state index contributed by atoms with van der Waals surface area (Å²) in [5.74, 6) is -1.18. The predicted octanol–water partition coefficient (Wildman–Crippen LogP) is 12.0. The van der Waals surface area contributed by atoms with Crippen molar-refractivity contribution < 1.29 is 14.7 Å². The first-order valence-electron chi connectivity index (χ1n) is 17.6. The molecule has 0 unspecified atom stereocenters. The van der Waals surface area contributed by atoms with Crippen LogP contribution in [0.25, 0.3) is 33.3 Å². The molecule has 0 aliphatic rings. The summed E-state index contributed by atoms with van der Waals surface area (Å²) in [5.41, 5.74) is 12.3. The zero-order valence-corrected chi connectivity index (χ0v) is 29.9. The molecule has 1 aromatic heterocycles. The minimum atomic E-state index is -0.984. The molecule has 0 atom stereocenters. The van der Waals surface area contributed by atoms with Crippen LogP contribution in [0.3, 0.4) is 0 Å². The number of anilines is 6. The second-order valence-corrected chi connectivity index (χ2v) is 13.3. The number of carboxylic acids is 1. The molecule has 0 amide bonds. The Labute approximate surface area is 317 Å². The average Bonchev–Trinajstić information content (AvgIpc) is 3.73. The molecule has 0 spiro atoms. The van der Waals surface area contributed by atoms with Gasteiger partial charge in [-0.25, -0.2) is 0 Å². The molecule has 8 aromatic rings. The number of fused-ring (bicyclic) bond motifs is 1. The number of carboxylic acid groups (broad SMARTS) is 1. The van der Waals surface area contributed by atoms with Gasteiger partial charge in [0.15, 0.2) is 5.78 Å². The third kappa shape index (κ3) is 7.11. The number of aliphatic carboxylic acids is 1. The molecule has 0 bridgehead atoms. The quantitative estimate of drug-likeness (QED) is 0.126. The number of nitrogens with zero attached hydrogens (tertiary/aromatic N) is 4. The first-order chi connectivity index (χ1) is 26.5. The van der Waals surface area contributed by atoms with E-state index in [2.05, 4.69) is 119 Å². The number of Topliss-reactive ketones (excluding diaryl/α,β-unsaturated/α-hetero) is 1. The standard InChI is InChI=1S/C46H34N4O3S/c51-43(30-31-44(52)53)34-20-26-40(27-21-34)50(37-14-8-3-9-15-37)39-24-18-33(19-25-39)42-29-28-41(45-46(42)48-54-47-45)32-16-22-38(23-17-32)49(35-10-4-1-5-11-35)36-12-6-2-7-13-36/h1-29H,30-31H2,(H,52,53). The Kier molecular flexibility index (Phi) is 9.74. The van der Waals surface area contributed by atoms with Gasteiger partial charge in [0.1, 0.15) is 11.0 Å². The van der Waals surface area contributed by atoms with Crippen molar-refractivity contribution in [2.45, 2.75) is 12.8 Å². The van der Waals surface area contributed by atoms with Gasteiger partial charge in [0.05, 0.1) is 18.1 Å². The number of carbonyl (C=O) groups excluding carboxylic acids is 1. The van der Waals surface area contributed by atoms with Gasteiger partial charge in [-0.2, -0.15) is 8.75 Å². The summed E-state index contributed by atoms with van der Waals surface area (Å²) in [7, 11) is 0. The average molecular weight is 723 g/mol. The Balaban J connectivity index is 1.08. The van der Waals surface area contributed by atoms with Gasteiger partial charge in [-0.05, 0) is 96.1 Å². The highest BCUT2D eigenvalue weighted by atomic mass is 32.1. The molecule has 0 saturated carbocycles. The molecule has 8 heteroatoms. The Bertz CT molecular complexity index is 2480. The van der Waals surface area contributed by atoms with Crippen molar-refractivity contribution >= 4 is 68.6 Å². The molecule has 1 N–H and O–H groups in total. The SMILES string of the molecule is O=C(O)CCC(=O)c1ccc(N(c2ccccc2)c2ccc(-c3ccc(-c4ccc(N(c5ccccc5)c5ccccc5)cc4)c4nsnc34)cc2)cc1. The largest absolute Gasteiger partial charge is 0.481 e. The number of ketones is 1. The lowest BCUT2D eigenvalue weighted by atomic mass is 9.97. The zero-order chi connectivity index (χ0) is 36.9. The van der Waals surface area contributed by atoms with Crippen molar-refractivity contribution in [1.82, 2.24) is 8.75 Å². The maximum atomic E-state index is 12.6. The Morgan fingerprint density at radius 3 is 1.17 bits per heavy atom. The van der Waals surface area contributed by atoms with E-state index in [0.29, 0.717) is 5.56 Å². The van der Waals surface area contributed by atoms with Crippen LogP contribution in [0.1, 0.15) is 23.2 Å². The van der Waals surface area contributed by atoms with Crippen LogP contribution in [0.5, 0.6) is 0 Å². The first-order valence-corrected chi connectivity index (χ1v) is 18.3. The highest BCUT2D eigenvalue weighted by molar-refractivity contribution is 7.00. The summed E-state index contributed by atoms with van der Waals surface area (Å²) in [6.07, 6.45) is -0.221. The number of para-hydroxylation sites is 3. The summed E-state index contributed by atoms with van der Waals surface area (Å²) in [5, 5.41) is 8.99. The molecular weight excluding hydrogens is 689 g/mol. The highest BCUT2D eigenvalue weighted by Gasteiger charge is 2.18. The molecule has 0 aliphatic heterocycles. The molecule has 8 rings (SSSR count). The van der Waals surface area contributed by atoms with Crippen molar-refractivity contribution in [3.63, 3.8) is 0 Å². The molecule has 54 heavy (non-hydrogen) atoms. The van der Waals surface area contributed by atoms with E-state index in [4.69, 9.17) is 13.9 Å². The van der Waals surface area contributed by atoms with E-state index < -0.39 is 5.97 Å². The normalized spacial score (nSPS) is 11.0. The lowest BCUT2D eigenvalue weighted by molar-refractivity contribution is -0.136. The molecule has 0 aliphatic carbocycles. The van der Waals surface area contributed by atoms with Crippen LogP contribution in [0.2, 0.25) is 0 Å². The third-order valence-corrected chi connectivity index (χ3v) is 9.87. The van der Waals surface area contributed by atoms with Gasteiger partial charge in [0.2, 0.25) is 0 Å². The predicted molar refractivity (Wildman–Crippen MR) is 219 cm³/mol. The fourth-order valence-electron chi connectivity index (χ4n) is 6.70. The van der Waals surface area contributed by atoms with Crippen LogP contribution in [0, 0.1) is 0 Å². The van der Waals surface area contributed by atoms with Crippen molar-refractivity contribution in [2.75, 3.05) is 9.80 Å². The lowest BCUT2D eigenvalue weighted by Gasteiger charge is -2.26. The number of carbonyl (C=O) groups is 2. The van der Waals surface area contributed by atoms with E-state index >= 15 is 0 Å². The Hall–Kier alpha value is -6.90. The summed E-state index contributed by atoms with van der Waals surface area (Å²) in [4.78, 5) is 27.9. The molecule has 7 aromatic carbocycles. The van der Waals surface area contributed by atoms with Gasteiger partial charge >= 0.3 is 5.97 Å². The smallest absolute Gasteiger partial charge is 0.303 e. The van der Waals surface area contributed by atoms with Gasteiger partial charge in [-0.15, -0.1) is 0 Å². The highest BCUT2D eigenvalue weighted by Crippen LogP contribution is 2.40. The van der Waals surface area contributed by atoms with Crippen LogP contribution >= 0.6 is 11.7 Å². The van der Waals surface area contributed by atoms with Crippen LogP contribution in [-0.4, -0.2) is 25.6 Å². The molecule has 0 fully saturated rings. The molecular formula is C46H34N4O3S. The number of hydrogen-bond acceptors (Lipinski definition) is 7. The van der Waals surface area contributed by atoms with Gasteiger partial charge in [0, 0.05) is 57.2 Å². The van der Waals surface area contributed by atoms with E-state index in [1.165, 1.54) is 11.7 Å². The maximum absolute atomic E-state index is 12.6. The summed E-state index contributed by atoms with van der Waals surface area (Å²) in [6.45, 7) is 0. The fourth-order valence-corrected chi connectivity index (χ4v) is 7.27. The van der Waals surface area contributed by atoms with E-state index in [1.807, 2.05) is 54.6 Å². The van der Waals surface area contributed by atoms with Gasteiger partial charge in [-0.1, -0.05) is 91.0 Å². The lowest BCUT2D eigenvalue weighted by Crippen LogP contribution is -2.10. The maximum Gasteiger partial charge on any atom is 0.303 e. The molecule has 0 saturated heterocycles. The monoisotopic (exact) mass is 722 g/mol. The number of aromatic nitrogens is 2. The summed E-state index contributed by atoms with van der Waals surface area (Å²) >= 11 is 1.21. The van der Waals surface area contributed by atoms with E-state index in [-0.39, 0.29) is 18.6 Å². The molecule has 0 radical (unpaired) electrons. The Morgan fingerprint density at radius 1 is 0.444 bits per heavy atom. The Morgan fingerprint density at radius 2 is 0.796 bits per heavy atom. The van der Waals surface area contributed by atoms with Gasteiger partial charge < -0.3 is 14.9 Å². The molecule has 7 nitrogen and oxygen atoms in total. The van der Waals surface area contributed by atoms with Gasteiger partial charge in [-0.3, -0.25) is 9.59 Å². The second kappa shape index (κ2) is 15.4. The molecule has 1 heterocycles. The van der Waals surface area contributed by atoms with Crippen molar-refractivity contribution in [3.8, 4) is 22.3 Å². The third-order valence-electron chi connectivity index (χ3n) is 9.35. The minimum Gasteiger partial charge on any atom is -0.481 e. The van der Waals surface area contributed by atoms with Crippen molar-refractivity contribution in [1.29, 1.82) is 0 Å². The van der Waals surface area contributed by atoms with E-state index in [0.717, 1.165) is 67.4 Å². The fraction of sp³-hybridized carbons (Fsp3) is 0.0435. The minimum absolute atomic E-state index is 0.0319. The number of rotatable bonds is 12. The topological polar surface area (TPSA) is 86.6 Å². The zero-order valence-electron chi connectivity index (χ0n) is 29.1. The second-order valence-electron chi connectivity index (χ2n) is 12.8. The van der Waals surface area contributed by atoms with Crippen molar-refractivity contribution in [3.05, 3.63) is 181 Å². The van der Waals surface area contributed by atoms with E-state index in [9.17, 15) is 9.59 Å². The van der Waals surface area contributed by atoms with Crippen LogP contribution in [-0.2, 0) is 4.79 Å². The van der Waals surface area contributed by atoms with Crippen LogP contribution in [0.4, 0.5) is 34.1 Å². The first kappa shape index (κ1) is 34.2. The van der Waals surface area contributed by atoms with E-state index in [1.54, 1.807) is 12.1 Å². The number of hydrogen-bond donors (Lipinski definition) is 1. The summed E-state index contributed by atoms with van der Waals surface area (Å²) in [6, 6.07) is 59.3. The van der Waals surface area contributed by atoms with Gasteiger partial charge in [0.25, 0.3) is 0 Å². The number of benzene rings is 7. The summed E-state index contributed by atoms with van der Waals surface area (Å²) < 4.78 is 9.51. The van der Waals surface area contributed by atoms with Crippen molar-refractivity contribution in [2.24, 2.45) is 0 Å². The van der Waals surface area contributed by atoms with Crippen LogP contribution in [0.15, 0.2) is 176 Å². The molecule has 262 valence electrons. The van der Waals surface area contributed by atoms with Crippen LogP contribution < -0.4 is 9.80 Å².